The van der Waals surface area contributed by atoms with E-state index >= 15 is 0 Å². The van der Waals surface area contributed by atoms with E-state index in [0.717, 1.165) is 32.9 Å². The summed E-state index contributed by atoms with van der Waals surface area (Å²) in [6.45, 7) is 0.680. The van der Waals surface area contributed by atoms with E-state index in [2.05, 4.69) is 20.2 Å². The van der Waals surface area contributed by atoms with E-state index in [1.54, 1.807) is 0 Å². The number of aromatic nitrogens is 3. The van der Waals surface area contributed by atoms with E-state index in [1.807, 2.05) is 18.2 Å². The van der Waals surface area contributed by atoms with Gasteiger partial charge < -0.3 is 5.11 Å². The van der Waals surface area contributed by atoms with Gasteiger partial charge in [-0.3, -0.25) is 15.2 Å². The zero-order valence-corrected chi connectivity index (χ0v) is 8.28. The summed E-state index contributed by atoms with van der Waals surface area (Å²) in [5, 5.41) is 18.0. The lowest BCUT2D eigenvalue weighted by atomic mass is 10.1. The molecule has 78 valence electrons. The molecule has 1 aliphatic rings. The maximum atomic E-state index is 9.73. The van der Waals surface area contributed by atoms with Gasteiger partial charge in [-0.15, -0.1) is 0 Å². The third-order valence-electron chi connectivity index (χ3n) is 3.01. The standard InChI is InChI=1S/C11H8N4O/c16-11-5-2-1-3-6-8(5)10(14-15-11)9-7(13-6)4-12-9/h1-3,14-16H,4H2. The van der Waals surface area contributed by atoms with Gasteiger partial charge in [0.2, 0.25) is 5.88 Å². The van der Waals surface area contributed by atoms with Gasteiger partial charge in [0.1, 0.15) is 5.36 Å². The lowest BCUT2D eigenvalue weighted by Crippen LogP contribution is -2.23. The summed E-state index contributed by atoms with van der Waals surface area (Å²) in [5.41, 5.74) is 2.82. The molecule has 16 heavy (non-hydrogen) atoms. The van der Waals surface area contributed by atoms with Crippen molar-refractivity contribution in [1.29, 1.82) is 0 Å². The van der Waals surface area contributed by atoms with Crippen LogP contribution in [0.3, 0.4) is 0 Å². The number of fused-ring (bicyclic) bond motifs is 2. The molecule has 0 spiro atoms. The van der Waals surface area contributed by atoms with Crippen LogP contribution >= 0.6 is 0 Å². The van der Waals surface area contributed by atoms with Gasteiger partial charge in [-0.25, -0.2) is 4.98 Å². The number of hydrogen-bond donors (Lipinski definition) is 3. The molecule has 3 N–H and O–H groups in total. The molecule has 5 heteroatoms. The van der Waals surface area contributed by atoms with Gasteiger partial charge in [0.15, 0.2) is 0 Å². The minimum absolute atomic E-state index is 0.124. The van der Waals surface area contributed by atoms with E-state index < -0.39 is 0 Å². The predicted octanol–water partition coefficient (Wildman–Crippen LogP) is 1.16. The van der Waals surface area contributed by atoms with Crippen molar-refractivity contribution >= 4 is 21.8 Å². The number of nitrogens with zero attached hydrogens (tertiary/aromatic N) is 2. The summed E-state index contributed by atoms with van der Waals surface area (Å²) >= 11 is 0. The van der Waals surface area contributed by atoms with Crippen LogP contribution in [0.25, 0.3) is 21.8 Å². The summed E-state index contributed by atoms with van der Waals surface area (Å²) in [4.78, 5) is 8.81. The van der Waals surface area contributed by atoms with Gasteiger partial charge in [-0.05, 0) is 12.1 Å². The third kappa shape index (κ3) is 0.770. The van der Waals surface area contributed by atoms with E-state index in [0.29, 0.717) is 6.54 Å². The summed E-state index contributed by atoms with van der Waals surface area (Å²) in [6.07, 6.45) is 0. The second-order valence-corrected chi connectivity index (χ2v) is 3.90. The molecule has 0 unspecified atom stereocenters. The van der Waals surface area contributed by atoms with Gasteiger partial charge in [0, 0.05) is 10.8 Å². The summed E-state index contributed by atoms with van der Waals surface area (Å²) < 4.78 is 0. The summed E-state index contributed by atoms with van der Waals surface area (Å²) in [5.74, 6) is 0.124. The number of H-pyrrole nitrogens is 2. The van der Waals surface area contributed by atoms with Crippen LogP contribution in [-0.2, 0) is 6.54 Å². The minimum atomic E-state index is 0.124. The molecular formula is C11H8N4O. The van der Waals surface area contributed by atoms with Crippen molar-refractivity contribution < 1.29 is 5.11 Å². The van der Waals surface area contributed by atoms with Gasteiger partial charge >= 0.3 is 0 Å². The van der Waals surface area contributed by atoms with E-state index in [4.69, 9.17) is 0 Å². The van der Waals surface area contributed by atoms with E-state index in [9.17, 15) is 5.11 Å². The zero-order valence-electron chi connectivity index (χ0n) is 8.28. The second kappa shape index (κ2) is 2.44. The van der Waals surface area contributed by atoms with Crippen LogP contribution < -0.4 is 5.36 Å². The Hall–Kier alpha value is -2.30. The number of benzene rings is 1. The molecule has 0 aliphatic carbocycles. The predicted molar refractivity (Wildman–Crippen MR) is 58.9 cm³/mol. The number of rotatable bonds is 0. The number of aromatic hydroxyl groups is 1. The Balaban J connectivity index is 2.44. The average molecular weight is 212 g/mol. The van der Waals surface area contributed by atoms with Crippen LogP contribution in [0.2, 0.25) is 0 Å². The van der Waals surface area contributed by atoms with Crippen molar-refractivity contribution in [1.82, 2.24) is 15.2 Å². The molecular weight excluding hydrogens is 204 g/mol. The van der Waals surface area contributed by atoms with Crippen LogP contribution in [0, 0.1) is 0 Å². The monoisotopic (exact) mass is 212 g/mol. The second-order valence-electron chi connectivity index (χ2n) is 3.90. The number of pyridine rings is 1. The van der Waals surface area contributed by atoms with Crippen LogP contribution in [0.4, 0.5) is 0 Å². The topological polar surface area (TPSA) is 77.1 Å². The van der Waals surface area contributed by atoms with Crippen molar-refractivity contribution in [3.8, 4) is 5.88 Å². The fourth-order valence-electron chi connectivity index (χ4n) is 2.21. The molecule has 0 saturated carbocycles. The first-order valence-corrected chi connectivity index (χ1v) is 5.06. The molecule has 0 bridgehead atoms. The molecule has 0 amide bonds. The van der Waals surface area contributed by atoms with E-state index in [1.165, 1.54) is 0 Å². The Morgan fingerprint density at radius 2 is 2.19 bits per heavy atom. The molecule has 0 atom stereocenters. The SMILES string of the molecule is Oc1[nH][nH]c2c3c(nc4cccc1c42)CN=3. The Kier molecular flexibility index (Phi) is 1.21. The van der Waals surface area contributed by atoms with Crippen molar-refractivity contribution in [2.24, 2.45) is 4.99 Å². The molecule has 0 radical (unpaired) electrons. The Morgan fingerprint density at radius 3 is 3.00 bits per heavy atom. The molecule has 2 aromatic heterocycles. The lowest BCUT2D eigenvalue weighted by molar-refractivity contribution is 0.453. The lowest BCUT2D eigenvalue weighted by Gasteiger charge is -2.13. The largest absolute Gasteiger partial charge is 0.493 e. The fourth-order valence-corrected chi connectivity index (χ4v) is 2.21. The zero-order chi connectivity index (χ0) is 10.7. The molecule has 3 heterocycles. The van der Waals surface area contributed by atoms with Gasteiger partial charge in [-0.1, -0.05) is 6.07 Å². The highest BCUT2D eigenvalue weighted by Crippen LogP contribution is 2.27. The molecule has 1 aromatic carbocycles. The highest BCUT2D eigenvalue weighted by atomic mass is 16.3. The van der Waals surface area contributed by atoms with Crippen LogP contribution in [-0.4, -0.2) is 20.3 Å². The Bertz CT molecular complexity index is 797. The molecule has 0 saturated heterocycles. The highest BCUT2D eigenvalue weighted by Gasteiger charge is 2.16. The number of hydrogen-bond acceptors (Lipinski definition) is 3. The van der Waals surface area contributed by atoms with Crippen molar-refractivity contribution in [2.75, 3.05) is 0 Å². The maximum Gasteiger partial charge on any atom is 0.211 e. The maximum absolute atomic E-state index is 9.73. The van der Waals surface area contributed by atoms with Crippen LogP contribution in [0.5, 0.6) is 5.88 Å². The Morgan fingerprint density at radius 1 is 1.25 bits per heavy atom. The van der Waals surface area contributed by atoms with E-state index in [-0.39, 0.29) is 5.88 Å². The Labute approximate surface area is 89.5 Å². The average Bonchev–Trinajstić information content (AvgIpc) is 2.27. The third-order valence-corrected chi connectivity index (χ3v) is 3.01. The van der Waals surface area contributed by atoms with Crippen molar-refractivity contribution in [3.63, 3.8) is 0 Å². The molecule has 4 rings (SSSR count). The number of nitrogens with one attached hydrogen (secondary N) is 2. The van der Waals surface area contributed by atoms with Crippen LogP contribution in [0.15, 0.2) is 23.2 Å². The summed E-state index contributed by atoms with van der Waals surface area (Å²) in [7, 11) is 0. The summed E-state index contributed by atoms with van der Waals surface area (Å²) in [6, 6.07) is 5.70. The number of aromatic amines is 2. The van der Waals surface area contributed by atoms with Crippen molar-refractivity contribution in [3.05, 3.63) is 29.3 Å². The highest BCUT2D eigenvalue weighted by molar-refractivity contribution is 6.08. The first-order valence-electron chi connectivity index (χ1n) is 5.06. The fraction of sp³-hybridized carbons (Fsp3) is 0.0909. The van der Waals surface area contributed by atoms with Gasteiger partial charge in [0.25, 0.3) is 0 Å². The van der Waals surface area contributed by atoms with Gasteiger partial charge in [0.05, 0.1) is 23.3 Å². The molecule has 3 aromatic rings. The van der Waals surface area contributed by atoms with Gasteiger partial charge in [-0.2, -0.15) is 0 Å². The van der Waals surface area contributed by atoms with Crippen molar-refractivity contribution in [2.45, 2.75) is 6.54 Å². The smallest absolute Gasteiger partial charge is 0.211 e. The minimum Gasteiger partial charge on any atom is -0.493 e. The molecule has 5 nitrogen and oxygen atoms in total. The first-order chi connectivity index (χ1) is 7.84. The first kappa shape index (κ1) is 7.92. The van der Waals surface area contributed by atoms with Crippen LogP contribution in [0.1, 0.15) is 5.69 Å². The normalized spacial score (nSPS) is 13.5. The molecule has 0 fully saturated rings. The quantitative estimate of drug-likeness (QED) is 0.523. The molecule has 1 aliphatic heterocycles.